The largest absolute Gasteiger partial charge is 0.320 e. The molecular formula is C20H14ClN3O2. The normalized spacial score (nSPS) is 10.2. The number of carbonyl (C=O) groups excluding carboxylic acids is 1. The summed E-state index contributed by atoms with van der Waals surface area (Å²) in [4.78, 5) is 24.8. The maximum absolute atomic E-state index is 12.5. The predicted molar refractivity (Wildman–Crippen MR) is 102 cm³/mol. The van der Waals surface area contributed by atoms with E-state index in [1.54, 1.807) is 55.5 Å². The molecule has 2 aromatic carbocycles. The average molecular weight is 364 g/mol. The quantitative estimate of drug-likeness (QED) is 0.725. The number of terminal acetylenes is 1. The zero-order chi connectivity index (χ0) is 18.7. The van der Waals surface area contributed by atoms with E-state index in [4.69, 9.17) is 18.0 Å². The number of nitrogens with zero attached hydrogens (tertiary/aromatic N) is 2. The number of nitrogens with one attached hydrogen (secondary N) is 1. The minimum atomic E-state index is -0.605. The lowest BCUT2D eigenvalue weighted by molar-refractivity contribution is 0.101. The topological polar surface area (TPSA) is 64.0 Å². The Balaban J connectivity index is 1.98. The molecule has 0 aliphatic carbocycles. The molecule has 1 amide bonds. The Bertz CT molecular complexity index is 1080. The lowest BCUT2D eigenvalue weighted by atomic mass is 10.2. The van der Waals surface area contributed by atoms with Crippen LogP contribution in [0.15, 0.2) is 59.4 Å². The van der Waals surface area contributed by atoms with Crippen LogP contribution < -0.4 is 10.7 Å². The van der Waals surface area contributed by atoms with E-state index in [2.05, 4.69) is 16.3 Å². The van der Waals surface area contributed by atoms with Crippen LogP contribution in [0.1, 0.15) is 21.7 Å². The van der Waals surface area contributed by atoms with Gasteiger partial charge in [0.05, 0.1) is 5.69 Å². The molecule has 128 valence electrons. The van der Waals surface area contributed by atoms with Crippen molar-refractivity contribution in [2.75, 3.05) is 5.32 Å². The monoisotopic (exact) mass is 363 g/mol. The van der Waals surface area contributed by atoms with Crippen LogP contribution in [-0.4, -0.2) is 15.7 Å². The molecule has 0 atom stereocenters. The van der Waals surface area contributed by atoms with E-state index in [0.29, 0.717) is 27.7 Å². The number of carbonyl (C=O) groups is 1. The van der Waals surface area contributed by atoms with Gasteiger partial charge in [-0.1, -0.05) is 23.6 Å². The molecule has 0 bridgehead atoms. The first-order valence-corrected chi connectivity index (χ1v) is 8.10. The molecule has 0 radical (unpaired) electrons. The summed E-state index contributed by atoms with van der Waals surface area (Å²) in [6.07, 6.45) is 5.36. The summed E-state index contributed by atoms with van der Waals surface area (Å²) >= 11 is 5.90. The van der Waals surface area contributed by atoms with Gasteiger partial charge in [-0.25, -0.2) is 4.68 Å². The summed E-state index contributed by atoms with van der Waals surface area (Å²) < 4.78 is 1.52. The third kappa shape index (κ3) is 3.66. The van der Waals surface area contributed by atoms with Crippen molar-refractivity contribution in [3.8, 4) is 18.0 Å². The molecule has 0 saturated carbocycles. The molecule has 5 nitrogen and oxygen atoms in total. The Labute approximate surface area is 155 Å². The lowest BCUT2D eigenvalue weighted by Gasteiger charge is -2.11. The fourth-order valence-electron chi connectivity index (χ4n) is 2.43. The minimum Gasteiger partial charge on any atom is -0.320 e. The standard InChI is InChI=1S/C20H14ClN3O2/c1-3-14-5-4-6-16(12-14)22-20(26)19-18(25)11-13(2)24(23-19)17-9-7-15(21)8-10-17/h1,4-12H,2H3,(H,22,26). The first kappa shape index (κ1) is 17.5. The summed E-state index contributed by atoms with van der Waals surface area (Å²) in [6.45, 7) is 1.74. The first-order chi connectivity index (χ1) is 12.5. The van der Waals surface area contributed by atoms with Crippen LogP contribution in [0.25, 0.3) is 5.69 Å². The molecule has 3 aromatic rings. The van der Waals surface area contributed by atoms with Crippen molar-refractivity contribution in [1.29, 1.82) is 0 Å². The van der Waals surface area contributed by atoms with E-state index in [-0.39, 0.29) is 5.69 Å². The number of halogens is 1. The van der Waals surface area contributed by atoms with E-state index < -0.39 is 11.3 Å². The molecular weight excluding hydrogens is 350 g/mol. The van der Waals surface area contributed by atoms with Crippen LogP contribution in [0, 0.1) is 19.3 Å². The molecule has 1 N–H and O–H groups in total. The van der Waals surface area contributed by atoms with E-state index in [9.17, 15) is 9.59 Å². The molecule has 1 heterocycles. The summed E-state index contributed by atoms with van der Waals surface area (Å²) in [5.41, 5.74) is 1.73. The Kier molecular flexibility index (Phi) is 4.87. The second kappa shape index (κ2) is 7.26. The first-order valence-electron chi connectivity index (χ1n) is 7.73. The van der Waals surface area contributed by atoms with Gasteiger partial charge in [-0.3, -0.25) is 9.59 Å². The SMILES string of the molecule is C#Cc1cccc(NC(=O)c2nn(-c3ccc(Cl)cc3)c(C)cc2=O)c1. The van der Waals surface area contributed by atoms with Gasteiger partial charge in [0.2, 0.25) is 5.43 Å². The Morgan fingerprint density at radius 2 is 1.92 bits per heavy atom. The number of benzene rings is 2. The molecule has 0 aliphatic heterocycles. The number of anilines is 1. The number of rotatable bonds is 3. The van der Waals surface area contributed by atoms with Gasteiger partial charge in [0.15, 0.2) is 5.69 Å². The van der Waals surface area contributed by atoms with Crippen molar-refractivity contribution < 1.29 is 4.79 Å². The Hall–Kier alpha value is -3.36. The highest BCUT2D eigenvalue weighted by molar-refractivity contribution is 6.30. The highest BCUT2D eigenvalue weighted by Crippen LogP contribution is 2.14. The number of hydrogen-bond donors (Lipinski definition) is 1. The lowest BCUT2D eigenvalue weighted by Crippen LogP contribution is -2.26. The van der Waals surface area contributed by atoms with Crippen LogP contribution in [0.5, 0.6) is 0 Å². The van der Waals surface area contributed by atoms with E-state index >= 15 is 0 Å². The fraction of sp³-hybridized carbons (Fsp3) is 0.0500. The van der Waals surface area contributed by atoms with Crippen molar-refractivity contribution in [2.45, 2.75) is 6.92 Å². The van der Waals surface area contributed by atoms with Gasteiger partial charge in [0.25, 0.3) is 5.91 Å². The van der Waals surface area contributed by atoms with Gasteiger partial charge in [0, 0.05) is 28.0 Å². The summed E-state index contributed by atoms with van der Waals surface area (Å²) in [5, 5.41) is 7.45. The second-order valence-electron chi connectivity index (χ2n) is 5.57. The zero-order valence-corrected chi connectivity index (χ0v) is 14.6. The zero-order valence-electron chi connectivity index (χ0n) is 13.9. The molecule has 3 rings (SSSR count). The minimum absolute atomic E-state index is 0.211. The molecule has 26 heavy (non-hydrogen) atoms. The molecule has 0 aliphatic rings. The predicted octanol–water partition coefficient (Wildman–Crippen LogP) is 3.43. The Morgan fingerprint density at radius 3 is 2.62 bits per heavy atom. The number of amides is 1. The van der Waals surface area contributed by atoms with Crippen molar-refractivity contribution in [1.82, 2.24) is 9.78 Å². The molecule has 6 heteroatoms. The van der Waals surface area contributed by atoms with E-state index in [0.717, 1.165) is 0 Å². The number of hydrogen-bond acceptors (Lipinski definition) is 3. The van der Waals surface area contributed by atoms with Gasteiger partial charge in [0.1, 0.15) is 0 Å². The number of aryl methyl sites for hydroxylation is 1. The van der Waals surface area contributed by atoms with Crippen LogP contribution in [0.4, 0.5) is 5.69 Å². The maximum atomic E-state index is 12.5. The van der Waals surface area contributed by atoms with Crippen LogP contribution >= 0.6 is 11.6 Å². The van der Waals surface area contributed by atoms with Crippen LogP contribution in [-0.2, 0) is 0 Å². The summed E-state index contributed by atoms with van der Waals surface area (Å²) in [7, 11) is 0. The summed E-state index contributed by atoms with van der Waals surface area (Å²) in [5.74, 6) is 1.89. The van der Waals surface area contributed by atoms with Gasteiger partial charge in [-0.15, -0.1) is 6.42 Å². The highest BCUT2D eigenvalue weighted by Gasteiger charge is 2.15. The average Bonchev–Trinajstić information content (AvgIpc) is 2.63. The molecule has 0 saturated heterocycles. The second-order valence-corrected chi connectivity index (χ2v) is 6.00. The molecule has 0 spiro atoms. The fourth-order valence-corrected chi connectivity index (χ4v) is 2.55. The van der Waals surface area contributed by atoms with Crippen LogP contribution in [0.2, 0.25) is 5.02 Å². The van der Waals surface area contributed by atoms with E-state index in [1.165, 1.54) is 10.7 Å². The molecule has 0 unspecified atom stereocenters. The smallest absolute Gasteiger partial charge is 0.280 e. The van der Waals surface area contributed by atoms with Gasteiger partial charge in [-0.2, -0.15) is 5.10 Å². The van der Waals surface area contributed by atoms with Crippen molar-refractivity contribution >= 4 is 23.2 Å². The summed E-state index contributed by atoms with van der Waals surface area (Å²) in [6, 6.07) is 15.1. The van der Waals surface area contributed by atoms with Crippen molar-refractivity contribution in [2.24, 2.45) is 0 Å². The van der Waals surface area contributed by atoms with Crippen molar-refractivity contribution in [3.05, 3.63) is 86.8 Å². The Morgan fingerprint density at radius 1 is 1.19 bits per heavy atom. The maximum Gasteiger partial charge on any atom is 0.280 e. The van der Waals surface area contributed by atoms with Crippen molar-refractivity contribution in [3.63, 3.8) is 0 Å². The molecule has 1 aromatic heterocycles. The highest BCUT2D eigenvalue weighted by atomic mass is 35.5. The third-order valence-electron chi connectivity index (χ3n) is 3.68. The van der Waals surface area contributed by atoms with Gasteiger partial charge >= 0.3 is 0 Å². The van der Waals surface area contributed by atoms with Gasteiger partial charge < -0.3 is 5.32 Å². The van der Waals surface area contributed by atoms with Gasteiger partial charge in [-0.05, 0) is 49.4 Å². The molecule has 0 fully saturated rings. The number of aromatic nitrogens is 2. The third-order valence-corrected chi connectivity index (χ3v) is 3.93. The van der Waals surface area contributed by atoms with E-state index in [1.807, 2.05) is 0 Å². The van der Waals surface area contributed by atoms with Crippen LogP contribution in [0.3, 0.4) is 0 Å².